The van der Waals surface area contributed by atoms with E-state index >= 15 is 0 Å². The van der Waals surface area contributed by atoms with Gasteiger partial charge in [0.15, 0.2) is 0 Å². The minimum absolute atomic E-state index is 0.0940. The fourth-order valence-corrected chi connectivity index (χ4v) is 1.50. The van der Waals surface area contributed by atoms with Gasteiger partial charge < -0.3 is 14.8 Å². The third kappa shape index (κ3) is 2.20. The summed E-state index contributed by atoms with van der Waals surface area (Å²) in [4.78, 5) is 10.4. The zero-order valence-electron chi connectivity index (χ0n) is 8.68. The normalized spacial score (nSPS) is 25.8. The number of nitrogens with one attached hydrogen (secondary N) is 1. The Balaban J connectivity index is 1.93. The van der Waals surface area contributed by atoms with Gasteiger partial charge in [-0.25, -0.2) is 0 Å². The number of amides is 1. The van der Waals surface area contributed by atoms with E-state index in [0.717, 1.165) is 6.54 Å². The van der Waals surface area contributed by atoms with Crippen LogP contribution in [0, 0.1) is 0 Å². The molecule has 84 valence electrons. The van der Waals surface area contributed by atoms with Crippen LogP contribution >= 0.6 is 0 Å². The van der Waals surface area contributed by atoms with Gasteiger partial charge >= 0.3 is 0 Å². The van der Waals surface area contributed by atoms with E-state index in [1.165, 1.54) is 0 Å². The molecule has 0 radical (unpaired) electrons. The standard InChI is InChI=1S/C9H15N3O3/c1-2-12-3-8(10-6-13)9(11-12)15-7-4-14-5-7/h6-8H,2-5H2,1H3,(H,10,13). The second kappa shape index (κ2) is 4.48. The highest BCUT2D eigenvalue weighted by atomic mass is 16.6. The van der Waals surface area contributed by atoms with Crippen LogP contribution in [0.25, 0.3) is 0 Å². The molecular formula is C9H15N3O3. The zero-order valence-corrected chi connectivity index (χ0v) is 8.68. The first-order valence-corrected chi connectivity index (χ1v) is 5.11. The highest BCUT2D eigenvalue weighted by Crippen LogP contribution is 2.13. The van der Waals surface area contributed by atoms with Crippen LogP contribution in [0.2, 0.25) is 0 Å². The predicted molar refractivity (Wildman–Crippen MR) is 53.4 cm³/mol. The molecule has 6 nitrogen and oxygen atoms in total. The minimum atomic E-state index is -0.122. The molecule has 2 aliphatic rings. The number of carbonyl (C=O) groups is 1. The Morgan fingerprint density at radius 3 is 3.07 bits per heavy atom. The number of rotatable bonds is 4. The van der Waals surface area contributed by atoms with Crippen molar-refractivity contribution in [3.05, 3.63) is 0 Å². The van der Waals surface area contributed by atoms with Crippen molar-refractivity contribution < 1.29 is 14.3 Å². The summed E-state index contributed by atoms with van der Waals surface area (Å²) in [6.45, 7) is 4.72. The molecule has 0 spiro atoms. The smallest absolute Gasteiger partial charge is 0.231 e. The molecule has 0 bridgehead atoms. The van der Waals surface area contributed by atoms with Crippen molar-refractivity contribution in [2.75, 3.05) is 26.3 Å². The van der Waals surface area contributed by atoms with Crippen molar-refractivity contribution in [1.29, 1.82) is 0 Å². The number of nitrogens with zero attached hydrogens (tertiary/aromatic N) is 2. The van der Waals surface area contributed by atoms with Gasteiger partial charge in [0, 0.05) is 6.54 Å². The molecule has 1 atom stereocenters. The second-order valence-electron chi connectivity index (χ2n) is 3.56. The number of hydrazone groups is 1. The first-order valence-electron chi connectivity index (χ1n) is 5.11. The number of carbonyl (C=O) groups excluding carboxylic acids is 1. The summed E-state index contributed by atoms with van der Waals surface area (Å²) in [5, 5.41) is 8.84. The zero-order chi connectivity index (χ0) is 10.7. The molecule has 0 aromatic heterocycles. The Hall–Kier alpha value is -1.30. The summed E-state index contributed by atoms with van der Waals surface area (Å²) in [5.41, 5.74) is 0. The fraction of sp³-hybridized carbons (Fsp3) is 0.778. The van der Waals surface area contributed by atoms with Crippen LogP contribution in [0.15, 0.2) is 5.10 Å². The molecule has 15 heavy (non-hydrogen) atoms. The lowest BCUT2D eigenvalue weighted by atomic mass is 10.3. The SMILES string of the molecule is CCN1CC(NC=O)C(OC2COC2)=N1. The van der Waals surface area contributed by atoms with E-state index in [1.54, 1.807) is 0 Å². The maximum Gasteiger partial charge on any atom is 0.231 e. The Bertz CT molecular complexity index is 265. The fourth-order valence-electron chi connectivity index (χ4n) is 1.50. The second-order valence-corrected chi connectivity index (χ2v) is 3.56. The van der Waals surface area contributed by atoms with E-state index in [-0.39, 0.29) is 12.1 Å². The third-order valence-corrected chi connectivity index (χ3v) is 2.46. The molecule has 2 aliphatic heterocycles. The molecule has 2 rings (SSSR count). The number of hydrogen-bond acceptors (Lipinski definition) is 5. The van der Waals surface area contributed by atoms with Crippen molar-refractivity contribution in [3.63, 3.8) is 0 Å². The molecule has 1 unspecified atom stereocenters. The van der Waals surface area contributed by atoms with Gasteiger partial charge in [-0.2, -0.15) is 0 Å². The van der Waals surface area contributed by atoms with Gasteiger partial charge in [-0.15, -0.1) is 5.10 Å². The lowest BCUT2D eigenvalue weighted by molar-refractivity contribution is -0.110. The molecular weight excluding hydrogens is 198 g/mol. The topological polar surface area (TPSA) is 63.2 Å². The van der Waals surface area contributed by atoms with Crippen molar-refractivity contribution in [3.8, 4) is 0 Å². The lowest BCUT2D eigenvalue weighted by Crippen LogP contribution is -2.44. The molecule has 1 N–H and O–H groups in total. The van der Waals surface area contributed by atoms with Crippen molar-refractivity contribution in [2.45, 2.75) is 19.1 Å². The van der Waals surface area contributed by atoms with Crippen LogP contribution in [0.5, 0.6) is 0 Å². The predicted octanol–water partition coefficient (Wildman–Crippen LogP) is -0.835. The van der Waals surface area contributed by atoms with Crippen LogP contribution in [0.3, 0.4) is 0 Å². The third-order valence-electron chi connectivity index (χ3n) is 2.46. The summed E-state index contributed by atoms with van der Waals surface area (Å²) in [6.07, 6.45) is 0.775. The van der Waals surface area contributed by atoms with E-state index in [9.17, 15) is 4.79 Å². The largest absolute Gasteiger partial charge is 0.470 e. The highest BCUT2D eigenvalue weighted by Gasteiger charge is 2.31. The van der Waals surface area contributed by atoms with E-state index in [0.29, 0.717) is 32.1 Å². The first-order chi connectivity index (χ1) is 7.33. The van der Waals surface area contributed by atoms with E-state index in [1.807, 2.05) is 11.9 Å². The number of ether oxygens (including phenoxy) is 2. The monoisotopic (exact) mass is 213 g/mol. The molecule has 1 saturated heterocycles. The van der Waals surface area contributed by atoms with E-state index in [2.05, 4.69) is 10.4 Å². The van der Waals surface area contributed by atoms with Gasteiger partial charge in [-0.1, -0.05) is 0 Å². The Morgan fingerprint density at radius 2 is 2.53 bits per heavy atom. The summed E-state index contributed by atoms with van der Waals surface area (Å²) in [6, 6.07) is -0.122. The molecule has 0 saturated carbocycles. The van der Waals surface area contributed by atoms with Crippen molar-refractivity contribution in [2.24, 2.45) is 5.10 Å². The van der Waals surface area contributed by atoms with Gasteiger partial charge in [-0.3, -0.25) is 9.80 Å². The summed E-state index contributed by atoms with van der Waals surface area (Å²) in [5.74, 6) is 0.595. The van der Waals surface area contributed by atoms with Gasteiger partial charge in [0.2, 0.25) is 12.3 Å². The number of likely N-dealkylation sites (N-methyl/N-ethyl adjacent to an activating group) is 1. The molecule has 0 aliphatic carbocycles. The van der Waals surface area contributed by atoms with Crippen molar-refractivity contribution >= 4 is 12.3 Å². The van der Waals surface area contributed by atoms with Crippen molar-refractivity contribution in [1.82, 2.24) is 10.3 Å². The van der Waals surface area contributed by atoms with Gasteiger partial charge in [-0.05, 0) is 6.92 Å². The molecule has 1 fully saturated rings. The molecule has 6 heteroatoms. The van der Waals surface area contributed by atoms with Crippen LogP contribution in [-0.2, 0) is 14.3 Å². The maximum absolute atomic E-state index is 10.4. The number of hydrogen-bond donors (Lipinski definition) is 1. The maximum atomic E-state index is 10.4. The Kier molecular flexibility index (Phi) is 3.05. The van der Waals surface area contributed by atoms with Crippen LogP contribution in [0.4, 0.5) is 0 Å². The first kappa shape index (κ1) is 10.2. The quantitative estimate of drug-likeness (QED) is 0.619. The van der Waals surface area contributed by atoms with Gasteiger partial charge in [0.05, 0.1) is 19.8 Å². The summed E-state index contributed by atoms with van der Waals surface area (Å²) < 4.78 is 10.6. The minimum Gasteiger partial charge on any atom is -0.470 e. The molecule has 0 aromatic rings. The summed E-state index contributed by atoms with van der Waals surface area (Å²) >= 11 is 0. The van der Waals surface area contributed by atoms with Gasteiger partial charge in [0.1, 0.15) is 12.1 Å². The Labute approximate surface area is 88.2 Å². The average molecular weight is 213 g/mol. The Morgan fingerprint density at radius 1 is 1.73 bits per heavy atom. The van der Waals surface area contributed by atoms with Crippen LogP contribution in [0.1, 0.15) is 6.92 Å². The molecule has 0 aromatic carbocycles. The molecule has 2 heterocycles. The molecule has 1 amide bonds. The van der Waals surface area contributed by atoms with Crippen LogP contribution < -0.4 is 5.32 Å². The summed E-state index contributed by atoms with van der Waals surface area (Å²) in [7, 11) is 0. The van der Waals surface area contributed by atoms with Gasteiger partial charge in [0.25, 0.3) is 0 Å². The lowest BCUT2D eigenvalue weighted by Gasteiger charge is -2.27. The van der Waals surface area contributed by atoms with Crippen LogP contribution in [-0.4, -0.2) is 55.8 Å². The van der Waals surface area contributed by atoms with E-state index < -0.39 is 0 Å². The average Bonchev–Trinajstić information content (AvgIpc) is 2.55. The van der Waals surface area contributed by atoms with E-state index in [4.69, 9.17) is 9.47 Å². The highest BCUT2D eigenvalue weighted by molar-refractivity contribution is 5.85.